The molecule has 76 valence electrons. The Balaban J connectivity index is 2.03. The molecule has 2 unspecified atom stereocenters. The number of halogens is 1. The molecule has 1 aliphatic heterocycles. The molecule has 1 saturated heterocycles. The maximum atomic E-state index is 12.8. The first-order valence-corrected chi connectivity index (χ1v) is 4.57. The van der Waals surface area contributed by atoms with Crippen LogP contribution < -0.4 is 10.1 Å². The molecule has 0 aromatic heterocycles. The molecular weight excluding hydrogens is 185 g/mol. The first-order chi connectivity index (χ1) is 6.75. The van der Waals surface area contributed by atoms with E-state index in [-0.39, 0.29) is 11.9 Å². The van der Waals surface area contributed by atoms with Crippen LogP contribution in [0, 0.1) is 5.82 Å². The minimum absolute atomic E-state index is 0.281. The average Bonchev–Trinajstić information content (AvgIpc) is 2.52. The molecule has 0 bridgehead atoms. The second-order valence-electron chi connectivity index (χ2n) is 3.34. The van der Waals surface area contributed by atoms with E-state index < -0.39 is 6.10 Å². The van der Waals surface area contributed by atoms with Gasteiger partial charge in [0.15, 0.2) is 0 Å². The highest BCUT2D eigenvalue weighted by molar-refractivity contribution is 5.23. The molecular formula is C10H12FNO2. The van der Waals surface area contributed by atoms with Crippen LogP contribution in [0.25, 0.3) is 0 Å². The van der Waals surface area contributed by atoms with Gasteiger partial charge in [0.25, 0.3) is 0 Å². The number of ether oxygens (including phenoxy) is 1. The zero-order valence-electron chi connectivity index (χ0n) is 7.61. The third-order valence-electron chi connectivity index (χ3n) is 2.21. The zero-order valence-corrected chi connectivity index (χ0v) is 7.61. The molecule has 3 nitrogen and oxygen atoms in total. The summed E-state index contributed by atoms with van der Waals surface area (Å²) in [6.07, 6.45) is -0.796. The summed E-state index contributed by atoms with van der Waals surface area (Å²) in [5, 5.41) is 12.4. The van der Waals surface area contributed by atoms with Crippen molar-refractivity contribution in [3.63, 3.8) is 0 Å². The number of hydrogen-bond acceptors (Lipinski definition) is 3. The highest BCUT2D eigenvalue weighted by Gasteiger charge is 2.26. The fourth-order valence-corrected chi connectivity index (χ4v) is 1.48. The summed E-state index contributed by atoms with van der Waals surface area (Å²) in [5.74, 6) is 0.126. The van der Waals surface area contributed by atoms with Gasteiger partial charge in [0.2, 0.25) is 0 Å². The molecule has 0 radical (unpaired) electrons. The van der Waals surface area contributed by atoms with E-state index in [1.54, 1.807) is 12.1 Å². The van der Waals surface area contributed by atoms with Crippen LogP contribution in [0.15, 0.2) is 24.3 Å². The van der Waals surface area contributed by atoms with Crippen molar-refractivity contribution in [1.82, 2.24) is 5.32 Å². The van der Waals surface area contributed by atoms with Gasteiger partial charge in [-0.1, -0.05) is 6.07 Å². The van der Waals surface area contributed by atoms with Crippen LogP contribution in [0.2, 0.25) is 0 Å². The fourth-order valence-electron chi connectivity index (χ4n) is 1.48. The Kier molecular flexibility index (Phi) is 2.65. The lowest BCUT2D eigenvalue weighted by molar-refractivity contribution is 0.0735. The Labute approximate surface area is 81.5 Å². The lowest BCUT2D eigenvalue weighted by Crippen LogP contribution is -2.29. The Hall–Kier alpha value is -1.13. The van der Waals surface area contributed by atoms with E-state index in [4.69, 9.17) is 4.74 Å². The van der Waals surface area contributed by atoms with Gasteiger partial charge in [-0.2, -0.15) is 0 Å². The van der Waals surface area contributed by atoms with Crippen molar-refractivity contribution in [2.24, 2.45) is 0 Å². The maximum Gasteiger partial charge on any atom is 0.138 e. The number of aliphatic hydroxyl groups is 1. The van der Waals surface area contributed by atoms with E-state index in [1.807, 2.05) is 0 Å². The van der Waals surface area contributed by atoms with Crippen LogP contribution in [0.4, 0.5) is 4.39 Å². The van der Waals surface area contributed by atoms with Crippen LogP contribution in [0.5, 0.6) is 5.75 Å². The monoisotopic (exact) mass is 197 g/mol. The quantitative estimate of drug-likeness (QED) is 0.727. The normalized spacial score (nSPS) is 26.4. The van der Waals surface area contributed by atoms with Crippen molar-refractivity contribution in [2.45, 2.75) is 12.2 Å². The first kappa shape index (κ1) is 9.43. The van der Waals surface area contributed by atoms with Gasteiger partial charge in [-0.3, -0.25) is 0 Å². The van der Waals surface area contributed by atoms with Crippen molar-refractivity contribution >= 4 is 0 Å². The van der Waals surface area contributed by atoms with Gasteiger partial charge in [0.05, 0.1) is 0 Å². The molecule has 1 aliphatic rings. The smallest absolute Gasteiger partial charge is 0.138 e. The Morgan fingerprint density at radius 1 is 1.43 bits per heavy atom. The Bertz CT molecular complexity index is 319. The minimum Gasteiger partial charge on any atom is -0.486 e. The average molecular weight is 197 g/mol. The Morgan fingerprint density at radius 3 is 2.93 bits per heavy atom. The molecule has 1 aromatic rings. The number of hydrogen-bond donors (Lipinski definition) is 2. The van der Waals surface area contributed by atoms with Gasteiger partial charge in [-0.25, -0.2) is 4.39 Å². The lowest BCUT2D eigenvalue weighted by atomic mass is 10.2. The molecule has 2 rings (SSSR count). The third-order valence-corrected chi connectivity index (χ3v) is 2.21. The summed E-state index contributed by atoms with van der Waals surface area (Å²) in [5.41, 5.74) is 0. The SMILES string of the molecule is OC1CNCC1Oc1cccc(F)c1. The molecule has 2 N–H and O–H groups in total. The van der Waals surface area contributed by atoms with Crippen molar-refractivity contribution in [3.8, 4) is 5.75 Å². The van der Waals surface area contributed by atoms with E-state index in [0.29, 0.717) is 18.8 Å². The maximum absolute atomic E-state index is 12.8. The molecule has 0 saturated carbocycles. The largest absolute Gasteiger partial charge is 0.486 e. The van der Waals surface area contributed by atoms with Crippen molar-refractivity contribution in [1.29, 1.82) is 0 Å². The zero-order chi connectivity index (χ0) is 9.97. The van der Waals surface area contributed by atoms with Gasteiger partial charge in [-0.15, -0.1) is 0 Å². The Morgan fingerprint density at radius 2 is 2.29 bits per heavy atom. The van der Waals surface area contributed by atoms with Crippen LogP contribution in [-0.2, 0) is 0 Å². The molecule has 0 amide bonds. The van der Waals surface area contributed by atoms with E-state index in [2.05, 4.69) is 5.32 Å². The highest BCUT2D eigenvalue weighted by Crippen LogP contribution is 2.16. The van der Waals surface area contributed by atoms with E-state index in [1.165, 1.54) is 12.1 Å². The summed E-state index contributed by atoms with van der Waals surface area (Å²) in [6.45, 7) is 1.12. The molecule has 0 aliphatic carbocycles. The van der Waals surface area contributed by atoms with Crippen molar-refractivity contribution in [2.75, 3.05) is 13.1 Å². The van der Waals surface area contributed by atoms with Gasteiger partial charge in [0.1, 0.15) is 23.8 Å². The molecule has 0 spiro atoms. The predicted molar refractivity (Wildman–Crippen MR) is 49.7 cm³/mol. The van der Waals surface area contributed by atoms with E-state index >= 15 is 0 Å². The van der Waals surface area contributed by atoms with E-state index in [0.717, 1.165) is 0 Å². The van der Waals surface area contributed by atoms with Crippen LogP contribution >= 0.6 is 0 Å². The number of benzene rings is 1. The molecule has 4 heteroatoms. The van der Waals surface area contributed by atoms with Gasteiger partial charge >= 0.3 is 0 Å². The standard InChI is InChI=1S/C10H12FNO2/c11-7-2-1-3-8(4-7)14-10-6-12-5-9(10)13/h1-4,9-10,12-13H,5-6H2. The number of nitrogens with one attached hydrogen (secondary N) is 1. The van der Waals surface area contributed by atoms with Gasteiger partial charge in [0, 0.05) is 19.2 Å². The highest BCUT2D eigenvalue weighted by atomic mass is 19.1. The summed E-state index contributed by atoms with van der Waals surface area (Å²) in [7, 11) is 0. The summed E-state index contributed by atoms with van der Waals surface area (Å²) in [6, 6.07) is 5.93. The lowest BCUT2D eigenvalue weighted by Gasteiger charge is -2.15. The molecule has 1 heterocycles. The second kappa shape index (κ2) is 3.94. The molecule has 2 atom stereocenters. The third kappa shape index (κ3) is 2.02. The molecule has 14 heavy (non-hydrogen) atoms. The fraction of sp³-hybridized carbons (Fsp3) is 0.400. The molecule has 1 fully saturated rings. The van der Waals surface area contributed by atoms with Gasteiger partial charge in [-0.05, 0) is 12.1 Å². The van der Waals surface area contributed by atoms with Crippen LogP contribution in [0.1, 0.15) is 0 Å². The first-order valence-electron chi connectivity index (χ1n) is 4.57. The van der Waals surface area contributed by atoms with E-state index in [9.17, 15) is 9.50 Å². The van der Waals surface area contributed by atoms with Crippen LogP contribution in [0.3, 0.4) is 0 Å². The van der Waals surface area contributed by atoms with Crippen molar-refractivity contribution < 1.29 is 14.2 Å². The number of β-amino-alcohol motifs (C(OH)–C–C–N with tert-alkyl or cyclic N) is 1. The predicted octanol–water partition coefficient (Wildman–Crippen LogP) is 0.537. The minimum atomic E-state index is -0.515. The summed E-state index contributed by atoms with van der Waals surface area (Å²) in [4.78, 5) is 0. The summed E-state index contributed by atoms with van der Waals surface area (Å²) >= 11 is 0. The number of rotatable bonds is 2. The second-order valence-corrected chi connectivity index (χ2v) is 3.34. The topological polar surface area (TPSA) is 41.5 Å². The van der Waals surface area contributed by atoms with Crippen LogP contribution in [-0.4, -0.2) is 30.4 Å². The number of aliphatic hydroxyl groups excluding tert-OH is 1. The van der Waals surface area contributed by atoms with Gasteiger partial charge < -0.3 is 15.2 Å². The van der Waals surface area contributed by atoms with Crippen molar-refractivity contribution in [3.05, 3.63) is 30.1 Å². The molecule has 1 aromatic carbocycles. The summed E-state index contributed by atoms with van der Waals surface area (Å²) < 4.78 is 18.2.